The van der Waals surface area contributed by atoms with Crippen LogP contribution in [0.25, 0.3) is 27.6 Å². The van der Waals surface area contributed by atoms with Crippen LogP contribution >= 0.6 is 23.4 Å². The topological polar surface area (TPSA) is 93.5 Å². The van der Waals surface area contributed by atoms with Crippen molar-refractivity contribution in [3.63, 3.8) is 0 Å². The number of thioether (sulfide) groups is 1. The first-order valence-corrected chi connectivity index (χ1v) is 11.1. The van der Waals surface area contributed by atoms with Gasteiger partial charge in [0.15, 0.2) is 5.16 Å². The first kappa shape index (κ1) is 20.4. The zero-order valence-corrected chi connectivity index (χ0v) is 18.4. The molecule has 32 heavy (non-hydrogen) atoms. The van der Waals surface area contributed by atoms with E-state index in [2.05, 4.69) is 15.0 Å². The molecule has 2 aromatic carbocycles. The number of halogens is 1. The van der Waals surface area contributed by atoms with Crippen LogP contribution in [0.3, 0.4) is 0 Å². The Kier molecular flexibility index (Phi) is 5.24. The number of nitrogens with one attached hydrogen (secondary N) is 1. The number of nitrogens with zero attached hydrogens (tertiary/aromatic N) is 4. The fourth-order valence-corrected chi connectivity index (χ4v) is 4.40. The monoisotopic (exact) mass is 461 g/mol. The van der Waals surface area contributed by atoms with Crippen molar-refractivity contribution in [3.05, 3.63) is 97.9 Å². The molecule has 0 amide bonds. The molecule has 3 heterocycles. The van der Waals surface area contributed by atoms with Gasteiger partial charge >= 0.3 is 0 Å². The van der Waals surface area contributed by atoms with Gasteiger partial charge in [0.2, 0.25) is 0 Å². The van der Waals surface area contributed by atoms with Gasteiger partial charge in [-0.15, -0.1) is 0 Å². The van der Waals surface area contributed by atoms with E-state index in [1.807, 2.05) is 19.1 Å². The third kappa shape index (κ3) is 3.79. The average Bonchev–Trinajstić information content (AvgIpc) is 2.78. The lowest BCUT2D eigenvalue weighted by atomic mass is 10.2. The largest absolute Gasteiger partial charge is 0.309 e. The van der Waals surface area contributed by atoms with Gasteiger partial charge < -0.3 is 4.98 Å². The molecule has 0 radical (unpaired) electrons. The number of benzene rings is 2. The Morgan fingerprint density at radius 2 is 1.84 bits per heavy atom. The SMILES string of the molecule is Cc1ccc(-n2c(SCc3nc4cc(Cl)ccc4c(=O)[nH]3)nc3ccccc3c2=O)nc1. The van der Waals surface area contributed by atoms with Crippen LogP contribution in [0, 0.1) is 6.92 Å². The summed E-state index contributed by atoms with van der Waals surface area (Å²) < 4.78 is 1.49. The van der Waals surface area contributed by atoms with Crippen LogP contribution < -0.4 is 11.1 Å². The lowest BCUT2D eigenvalue weighted by Crippen LogP contribution is -2.22. The predicted octanol–water partition coefficient (Wildman–Crippen LogP) is 4.27. The Hall–Kier alpha value is -3.49. The summed E-state index contributed by atoms with van der Waals surface area (Å²) in [7, 11) is 0. The summed E-state index contributed by atoms with van der Waals surface area (Å²) in [6.45, 7) is 1.93. The normalized spacial score (nSPS) is 11.3. The second-order valence-electron chi connectivity index (χ2n) is 7.21. The van der Waals surface area contributed by atoms with Gasteiger partial charge in [-0.3, -0.25) is 9.59 Å². The van der Waals surface area contributed by atoms with Crippen LogP contribution in [0.15, 0.2) is 75.5 Å². The molecule has 0 unspecified atom stereocenters. The number of rotatable bonds is 4. The van der Waals surface area contributed by atoms with Crippen LogP contribution in [0.5, 0.6) is 0 Å². The number of hydrogen-bond acceptors (Lipinski definition) is 6. The molecule has 0 aliphatic heterocycles. The zero-order chi connectivity index (χ0) is 22.2. The van der Waals surface area contributed by atoms with E-state index in [0.29, 0.717) is 49.4 Å². The molecule has 0 saturated heterocycles. The molecule has 158 valence electrons. The van der Waals surface area contributed by atoms with E-state index in [1.165, 1.54) is 16.3 Å². The lowest BCUT2D eigenvalue weighted by Gasteiger charge is -2.12. The Labute approximate surface area is 191 Å². The van der Waals surface area contributed by atoms with Gasteiger partial charge in [-0.25, -0.2) is 19.5 Å². The van der Waals surface area contributed by atoms with E-state index < -0.39 is 0 Å². The molecular weight excluding hydrogens is 446 g/mol. The minimum Gasteiger partial charge on any atom is -0.309 e. The highest BCUT2D eigenvalue weighted by Gasteiger charge is 2.15. The molecule has 7 nitrogen and oxygen atoms in total. The van der Waals surface area contributed by atoms with Gasteiger partial charge in [0, 0.05) is 11.2 Å². The van der Waals surface area contributed by atoms with Crippen molar-refractivity contribution in [3.8, 4) is 5.82 Å². The highest BCUT2D eigenvalue weighted by molar-refractivity contribution is 7.98. The maximum atomic E-state index is 13.3. The molecule has 0 aliphatic carbocycles. The summed E-state index contributed by atoms with van der Waals surface area (Å²) >= 11 is 7.35. The van der Waals surface area contributed by atoms with E-state index in [4.69, 9.17) is 16.6 Å². The predicted molar refractivity (Wildman–Crippen MR) is 127 cm³/mol. The van der Waals surface area contributed by atoms with E-state index in [1.54, 1.807) is 48.7 Å². The minimum absolute atomic E-state index is 0.207. The molecule has 0 atom stereocenters. The molecular formula is C23H16ClN5O2S. The molecule has 0 spiro atoms. The highest BCUT2D eigenvalue weighted by atomic mass is 35.5. The Balaban J connectivity index is 1.60. The number of hydrogen-bond donors (Lipinski definition) is 1. The number of aromatic nitrogens is 5. The van der Waals surface area contributed by atoms with Crippen LogP contribution in [0.1, 0.15) is 11.4 Å². The van der Waals surface area contributed by atoms with E-state index in [9.17, 15) is 9.59 Å². The Morgan fingerprint density at radius 1 is 1.00 bits per heavy atom. The van der Waals surface area contributed by atoms with Gasteiger partial charge in [0.25, 0.3) is 11.1 Å². The molecule has 3 aromatic heterocycles. The van der Waals surface area contributed by atoms with Gasteiger partial charge in [0.05, 0.1) is 27.6 Å². The first-order valence-electron chi connectivity index (χ1n) is 9.76. The van der Waals surface area contributed by atoms with Gasteiger partial charge in [0.1, 0.15) is 11.6 Å². The first-order chi connectivity index (χ1) is 15.5. The van der Waals surface area contributed by atoms with Gasteiger partial charge in [-0.2, -0.15) is 0 Å². The summed E-state index contributed by atoms with van der Waals surface area (Å²) in [5, 5.41) is 1.93. The average molecular weight is 462 g/mol. The molecule has 1 N–H and O–H groups in total. The van der Waals surface area contributed by atoms with Crippen molar-refractivity contribution in [2.24, 2.45) is 0 Å². The zero-order valence-electron chi connectivity index (χ0n) is 16.9. The maximum Gasteiger partial charge on any atom is 0.267 e. The van der Waals surface area contributed by atoms with Crippen LogP contribution in [-0.2, 0) is 5.75 Å². The number of fused-ring (bicyclic) bond motifs is 2. The molecule has 5 aromatic rings. The van der Waals surface area contributed by atoms with Crippen molar-refractivity contribution in [2.75, 3.05) is 0 Å². The van der Waals surface area contributed by atoms with Crippen LogP contribution in [0.4, 0.5) is 0 Å². The number of H-pyrrole nitrogens is 1. The van der Waals surface area contributed by atoms with Crippen molar-refractivity contribution in [1.29, 1.82) is 0 Å². The summed E-state index contributed by atoms with van der Waals surface area (Å²) in [6, 6.07) is 15.8. The molecule has 0 bridgehead atoms. The maximum absolute atomic E-state index is 13.3. The molecule has 0 aliphatic rings. The standard InChI is InChI=1S/C23H16ClN5O2S/c1-13-6-9-20(25-11-13)29-22(31)16-4-2-3-5-17(16)27-23(29)32-12-19-26-18-10-14(24)7-8-15(18)21(30)28-19/h2-11H,12H2,1H3,(H,26,28,30). The van der Waals surface area contributed by atoms with Crippen LogP contribution in [-0.4, -0.2) is 24.5 Å². The number of aryl methyl sites for hydroxylation is 1. The fraction of sp³-hybridized carbons (Fsp3) is 0.0870. The van der Waals surface area contributed by atoms with Gasteiger partial charge in [-0.1, -0.05) is 41.6 Å². The van der Waals surface area contributed by atoms with Gasteiger partial charge in [-0.05, 0) is 48.9 Å². The van der Waals surface area contributed by atoms with E-state index in [-0.39, 0.29) is 11.1 Å². The third-order valence-electron chi connectivity index (χ3n) is 4.93. The van der Waals surface area contributed by atoms with Crippen molar-refractivity contribution in [1.82, 2.24) is 24.5 Å². The van der Waals surface area contributed by atoms with Crippen LogP contribution in [0.2, 0.25) is 5.02 Å². The second kappa shape index (κ2) is 8.22. The minimum atomic E-state index is -0.244. The van der Waals surface area contributed by atoms with E-state index >= 15 is 0 Å². The van der Waals surface area contributed by atoms with Crippen molar-refractivity contribution < 1.29 is 0 Å². The Morgan fingerprint density at radius 3 is 2.66 bits per heavy atom. The summed E-state index contributed by atoms with van der Waals surface area (Å²) in [5.74, 6) is 1.24. The quantitative estimate of drug-likeness (QED) is 0.317. The lowest BCUT2D eigenvalue weighted by molar-refractivity contribution is 0.793. The summed E-state index contributed by atoms with van der Waals surface area (Å²) in [6.07, 6.45) is 1.71. The molecule has 0 saturated carbocycles. The summed E-state index contributed by atoms with van der Waals surface area (Å²) in [4.78, 5) is 42.2. The van der Waals surface area contributed by atoms with Crippen molar-refractivity contribution in [2.45, 2.75) is 17.8 Å². The fourth-order valence-electron chi connectivity index (χ4n) is 3.37. The highest BCUT2D eigenvalue weighted by Crippen LogP contribution is 2.24. The number of para-hydroxylation sites is 1. The molecule has 9 heteroatoms. The smallest absolute Gasteiger partial charge is 0.267 e. The number of pyridine rings is 1. The summed E-state index contributed by atoms with van der Waals surface area (Å²) in [5.41, 5.74) is 1.64. The second-order valence-corrected chi connectivity index (χ2v) is 8.59. The molecule has 0 fully saturated rings. The van der Waals surface area contributed by atoms with E-state index in [0.717, 1.165) is 5.56 Å². The Bertz CT molecular complexity index is 1600. The molecule has 5 rings (SSSR count). The third-order valence-corrected chi connectivity index (χ3v) is 6.11. The number of aromatic amines is 1. The van der Waals surface area contributed by atoms with Crippen molar-refractivity contribution >= 4 is 45.2 Å².